The zero-order valence-electron chi connectivity index (χ0n) is 6.09. The van der Waals surface area contributed by atoms with Crippen molar-refractivity contribution in [3.05, 3.63) is 17.2 Å². The predicted octanol–water partition coefficient (Wildman–Crippen LogP) is -0.125. The summed E-state index contributed by atoms with van der Waals surface area (Å²) in [5.41, 5.74) is 5.75. The first-order chi connectivity index (χ1) is 5.15. The number of rotatable bonds is 2. The maximum absolute atomic E-state index is 10.5. The SMILES string of the molecule is Cc1nc(C(=O)O)c(CN)[nH]1. The fourth-order valence-electron chi connectivity index (χ4n) is 0.865. The third-order valence-electron chi connectivity index (χ3n) is 1.30. The molecule has 0 spiro atoms. The zero-order valence-corrected chi connectivity index (χ0v) is 6.09. The van der Waals surface area contributed by atoms with E-state index in [2.05, 4.69) is 9.97 Å². The Balaban J connectivity index is 3.12. The Morgan fingerprint density at radius 3 is 2.82 bits per heavy atom. The Labute approximate surface area is 63.3 Å². The summed E-state index contributed by atoms with van der Waals surface area (Å²) in [6, 6.07) is 0. The van der Waals surface area contributed by atoms with E-state index in [1.54, 1.807) is 6.92 Å². The molecule has 0 unspecified atom stereocenters. The van der Waals surface area contributed by atoms with E-state index >= 15 is 0 Å². The second-order valence-corrected chi connectivity index (χ2v) is 2.16. The summed E-state index contributed by atoms with van der Waals surface area (Å²) in [7, 11) is 0. The Kier molecular flexibility index (Phi) is 1.91. The molecule has 0 aliphatic rings. The lowest BCUT2D eigenvalue weighted by Crippen LogP contribution is -2.06. The Hall–Kier alpha value is -1.36. The molecule has 0 saturated heterocycles. The lowest BCUT2D eigenvalue weighted by atomic mass is 10.3. The van der Waals surface area contributed by atoms with Gasteiger partial charge in [-0.25, -0.2) is 9.78 Å². The quantitative estimate of drug-likeness (QED) is 0.555. The van der Waals surface area contributed by atoms with Crippen LogP contribution in [-0.2, 0) is 6.54 Å². The average molecular weight is 155 g/mol. The van der Waals surface area contributed by atoms with Gasteiger partial charge in [0.2, 0.25) is 0 Å². The smallest absolute Gasteiger partial charge is 0.356 e. The fourth-order valence-corrected chi connectivity index (χ4v) is 0.865. The second kappa shape index (κ2) is 2.71. The summed E-state index contributed by atoms with van der Waals surface area (Å²) in [6.45, 7) is 1.86. The van der Waals surface area contributed by atoms with Gasteiger partial charge >= 0.3 is 5.97 Å². The van der Waals surface area contributed by atoms with Gasteiger partial charge < -0.3 is 15.8 Å². The minimum absolute atomic E-state index is 0.0185. The predicted molar refractivity (Wildman–Crippen MR) is 38.2 cm³/mol. The first-order valence-electron chi connectivity index (χ1n) is 3.14. The molecule has 0 aliphatic heterocycles. The number of aromatic amines is 1. The van der Waals surface area contributed by atoms with E-state index in [0.29, 0.717) is 11.5 Å². The van der Waals surface area contributed by atoms with Crippen LogP contribution in [0, 0.1) is 6.92 Å². The van der Waals surface area contributed by atoms with E-state index in [1.165, 1.54) is 0 Å². The van der Waals surface area contributed by atoms with E-state index in [0.717, 1.165) is 0 Å². The number of imidazole rings is 1. The Morgan fingerprint density at radius 1 is 1.82 bits per heavy atom. The Morgan fingerprint density at radius 2 is 2.45 bits per heavy atom. The standard InChI is InChI=1S/C6H9N3O2/c1-3-8-4(2-7)5(9-3)6(10)11/h2,7H2,1H3,(H,8,9)(H,10,11). The van der Waals surface area contributed by atoms with Crippen LogP contribution < -0.4 is 5.73 Å². The van der Waals surface area contributed by atoms with Gasteiger partial charge in [-0.1, -0.05) is 0 Å². The summed E-state index contributed by atoms with van der Waals surface area (Å²) in [5, 5.41) is 8.57. The maximum Gasteiger partial charge on any atom is 0.356 e. The van der Waals surface area contributed by atoms with Crippen molar-refractivity contribution in [3.8, 4) is 0 Å². The van der Waals surface area contributed by atoms with Crippen molar-refractivity contribution >= 4 is 5.97 Å². The number of carboxylic acid groups (broad SMARTS) is 1. The van der Waals surface area contributed by atoms with E-state index < -0.39 is 5.97 Å². The second-order valence-electron chi connectivity index (χ2n) is 2.16. The molecule has 0 radical (unpaired) electrons. The van der Waals surface area contributed by atoms with Gasteiger partial charge in [-0.2, -0.15) is 0 Å². The van der Waals surface area contributed by atoms with Crippen LogP contribution in [0.2, 0.25) is 0 Å². The number of aromatic carboxylic acids is 1. The van der Waals surface area contributed by atoms with Crippen LogP contribution in [0.4, 0.5) is 0 Å². The molecule has 5 heteroatoms. The van der Waals surface area contributed by atoms with Crippen molar-refractivity contribution in [2.75, 3.05) is 0 Å². The number of nitrogens with two attached hydrogens (primary N) is 1. The molecule has 0 fully saturated rings. The zero-order chi connectivity index (χ0) is 8.43. The number of aryl methyl sites for hydroxylation is 1. The number of nitrogens with zero attached hydrogens (tertiary/aromatic N) is 1. The molecule has 1 rings (SSSR count). The van der Waals surface area contributed by atoms with Gasteiger partial charge in [0, 0.05) is 6.54 Å². The molecule has 60 valence electrons. The maximum atomic E-state index is 10.5. The molecule has 1 aromatic heterocycles. The summed E-state index contributed by atoms with van der Waals surface area (Å²) < 4.78 is 0. The highest BCUT2D eigenvalue weighted by Crippen LogP contribution is 2.03. The van der Waals surface area contributed by atoms with Crippen LogP contribution in [0.3, 0.4) is 0 Å². The van der Waals surface area contributed by atoms with Gasteiger partial charge in [0.1, 0.15) is 5.82 Å². The highest BCUT2D eigenvalue weighted by Gasteiger charge is 2.12. The average Bonchev–Trinajstić information content (AvgIpc) is 2.30. The molecule has 1 heterocycles. The van der Waals surface area contributed by atoms with Crippen molar-refractivity contribution in [1.29, 1.82) is 0 Å². The normalized spacial score (nSPS) is 10.0. The molecule has 0 atom stereocenters. The third kappa shape index (κ3) is 1.38. The summed E-state index contributed by atoms with van der Waals surface area (Å²) in [4.78, 5) is 17.0. The number of carboxylic acids is 1. The number of hydrogen-bond acceptors (Lipinski definition) is 3. The van der Waals surface area contributed by atoms with Crippen LogP contribution in [0.5, 0.6) is 0 Å². The summed E-state index contributed by atoms with van der Waals surface area (Å²) in [5.74, 6) is -0.474. The number of hydrogen-bond donors (Lipinski definition) is 3. The fraction of sp³-hybridized carbons (Fsp3) is 0.333. The van der Waals surface area contributed by atoms with Gasteiger partial charge in [0.05, 0.1) is 5.69 Å². The van der Waals surface area contributed by atoms with Gasteiger partial charge in [-0.05, 0) is 6.92 Å². The van der Waals surface area contributed by atoms with E-state index in [-0.39, 0.29) is 12.2 Å². The first kappa shape index (κ1) is 7.74. The van der Waals surface area contributed by atoms with E-state index in [4.69, 9.17) is 10.8 Å². The molecule has 0 bridgehead atoms. The van der Waals surface area contributed by atoms with Crippen molar-refractivity contribution < 1.29 is 9.90 Å². The number of H-pyrrole nitrogens is 1. The van der Waals surface area contributed by atoms with E-state index in [9.17, 15) is 4.79 Å². The molecule has 5 nitrogen and oxygen atoms in total. The molecule has 4 N–H and O–H groups in total. The molecule has 11 heavy (non-hydrogen) atoms. The number of carbonyl (C=O) groups is 1. The molecule has 0 saturated carbocycles. The van der Waals surface area contributed by atoms with Crippen molar-refractivity contribution in [1.82, 2.24) is 9.97 Å². The van der Waals surface area contributed by atoms with E-state index in [1.807, 2.05) is 0 Å². The van der Waals surface area contributed by atoms with Gasteiger partial charge in [0.25, 0.3) is 0 Å². The number of aromatic nitrogens is 2. The summed E-state index contributed by atoms with van der Waals surface area (Å²) in [6.07, 6.45) is 0. The van der Waals surface area contributed by atoms with Crippen LogP contribution in [0.15, 0.2) is 0 Å². The topological polar surface area (TPSA) is 92.0 Å². The molecular formula is C6H9N3O2. The van der Waals surface area contributed by atoms with Gasteiger partial charge in [0.15, 0.2) is 5.69 Å². The number of nitrogens with one attached hydrogen (secondary N) is 1. The molecule has 0 aromatic carbocycles. The highest BCUT2D eigenvalue weighted by atomic mass is 16.4. The van der Waals surface area contributed by atoms with Crippen molar-refractivity contribution in [2.45, 2.75) is 13.5 Å². The van der Waals surface area contributed by atoms with Crippen LogP contribution >= 0.6 is 0 Å². The molecular weight excluding hydrogens is 146 g/mol. The van der Waals surface area contributed by atoms with Gasteiger partial charge in [-0.3, -0.25) is 0 Å². The minimum atomic E-state index is -1.05. The van der Waals surface area contributed by atoms with Gasteiger partial charge in [-0.15, -0.1) is 0 Å². The van der Waals surface area contributed by atoms with Crippen LogP contribution in [0.1, 0.15) is 22.0 Å². The van der Waals surface area contributed by atoms with Crippen LogP contribution in [-0.4, -0.2) is 21.0 Å². The first-order valence-corrected chi connectivity index (χ1v) is 3.14. The summed E-state index contributed by atoms with van der Waals surface area (Å²) >= 11 is 0. The monoisotopic (exact) mass is 155 g/mol. The lowest BCUT2D eigenvalue weighted by Gasteiger charge is -1.90. The van der Waals surface area contributed by atoms with Crippen molar-refractivity contribution in [3.63, 3.8) is 0 Å². The molecule has 1 aromatic rings. The van der Waals surface area contributed by atoms with Crippen molar-refractivity contribution in [2.24, 2.45) is 5.73 Å². The molecule has 0 aliphatic carbocycles. The lowest BCUT2D eigenvalue weighted by molar-refractivity contribution is 0.0689. The minimum Gasteiger partial charge on any atom is -0.476 e. The molecule has 0 amide bonds. The third-order valence-corrected chi connectivity index (χ3v) is 1.30. The largest absolute Gasteiger partial charge is 0.476 e. The van der Waals surface area contributed by atoms with Crippen LogP contribution in [0.25, 0.3) is 0 Å². The highest BCUT2D eigenvalue weighted by molar-refractivity contribution is 5.86. The Bertz CT molecular complexity index is 279.